The number of Topliss-reactive ketones (excluding diaryl/α,β-unsaturated/α-hetero) is 1. The minimum absolute atomic E-state index is 0.193. The summed E-state index contributed by atoms with van der Waals surface area (Å²) in [5, 5.41) is 6.26. The van der Waals surface area contributed by atoms with E-state index in [2.05, 4.69) is 15.4 Å². The fourth-order valence-electron chi connectivity index (χ4n) is 1.26. The average molecular weight is 254 g/mol. The number of hydrogen-bond acceptors (Lipinski definition) is 5. The van der Waals surface area contributed by atoms with Crippen LogP contribution in [0, 0.1) is 0 Å². The largest absolute Gasteiger partial charge is 0.444 e. The summed E-state index contributed by atoms with van der Waals surface area (Å²) in [7, 11) is 1.61. The van der Waals surface area contributed by atoms with Gasteiger partial charge >= 0.3 is 6.09 Å². The Morgan fingerprint density at radius 2 is 2.06 bits per heavy atom. The normalized spacial score (nSPS) is 12.9. The van der Waals surface area contributed by atoms with E-state index in [1.54, 1.807) is 34.7 Å². The second-order valence-corrected chi connectivity index (χ2v) is 4.94. The van der Waals surface area contributed by atoms with Gasteiger partial charge in [-0.1, -0.05) is 0 Å². The summed E-state index contributed by atoms with van der Waals surface area (Å²) < 4.78 is 6.42. The first-order valence-corrected chi connectivity index (χ1v) is 5.58. The molecule has 0 saturated carbocycles. The summed E-state index contributed by atoms with van der Waals surface area (Å²) in [5.41, 5.74) is -0.600. The van der Waals surface area contributed by atoms with Crippen molar-refractivity contribution in [1.29, 1.82) is 0 Å². The van der Waals surface area contributed by atoms with Crippen LogP contribution in [0.15, 0.2) is 6.33 Å². The lowest BCUT2D eigenvalue weighted by Crippen LogP contribution is -2.42. The Hall–Kier alpha value is -1.92. The smallest absolute Gasteiger partial charge is 0.408 e. The van der Waals surface area contributed by atoms with Gasteiger partial charge in [0.15, 0.2) is 5.82 Å². The van der Waals surface area contributed by atoms with Crippen LogP contribution >= 0.6 is 0 Å². The van der Waals surface area contributed by atoms with Crippen molar-refractivity contribution in [2.75, 3.05) is 0 Å². The van der Waals surface area contributed by atoms with Gasteiger partial charge in [0.2, 0.25) is 5.78 Å². The molecule has 1 heterocycles. The molecule has 0 aromatic carbocycles. The third-order valence-corrected chi connectivity index (χ3v) is 2.06. The molecule has 0 aliphatic rings. The van der Waals surface area contributed by atoms with Gasteiger partial charge in [-0.05, 0) is 27.7 Å². The van der Waals surface area contributed by atoms with Crippen LogP contribution in [0.25, 0.3) is 0 Å². The number of aromatic nitrogens is 3. The lowest BCUT2D eigenvalue weighted by atomic mass is 10.2. The number of rotatable bonds is 3. The Labute approximate surface area is 106 Å². The van der Waals surface area contributed by atoms with Crippen molar-refractivity contribution in [3.63, 3.8) is 0 Å². The summed E-state index contributed by atoms with van der Waals surface area (Å²) in [6.45, 7) is 6.83. The predicted octanol–water partition coefficient (Wildman–Crippen LogP) is 0.911. The van der Waals surface area contributed by atoms with Gasteiger partial charge in [0.25, 0.3) is 0 Å². The van der Waals surface area contributed by atoms with Crippen molar-refractivity contribution in [1.82, 2.24) is 20.1 Å². The third-order valence-electron chi connectivity index (χ3n) is 2.06. The van der Waals surface area contributed by atoms with E-state index in [4.69, 9.17) is 4.74 Å². The van der Waals surface area contributed by atoms with Gasteiger partial charge in [0.1, 0.15) is 11.9 Å². The average Bonchev–Trinajstić information content (AvgIpc) is 2.60. The van der Waals surface area contributed by atoms with E-state index in [1.165, 1.54) is 11.0 Å². The lowest BCUT2D eigenvalue weighted by molar-refractivity contribution is 0.0495. The molecule has 7 heteroatoms. The van der Waals surface area contributed by atoms with Gasteiger partial charge < -0.3 is 10.1 Å². The van der Waals surface area contributed by atoms with Gasteiger partial charge in [0, 0.05) is 7.05 Å². The molecule has 0 aliphatic heterocycles. The molecule has 1 atom stereocenters. The zero-order chi connectivity index (χ0) is 13.9. The number of nitrogens with zero attached hydrogens (tertiary/aromatic N) is 3. The monoisotopic (exact) mass is 254 g/mol. The highest BCUT2D eigenvalue weighted by atomic mass is 16.6. The van der Waals surface area contributed by atoms with E-state index in [0.717, 1.165) is 0 Å². The standard InChI is InChI=1S/C11H18N4O3/c1-7(14-10(17)18-11(2,3)4)8(16)9-12-6-13-15(9)5/h6-7H,1-5H3,(H,14,17)/t7-/m1/s1. The highest BCUT2D eigenvalue weighted by Gasteiger charge is 2.24. The minimum Gasteiger partial charge on any atom is -0.444 e. The Morgan fingerprint density at radius 3 is 2.50 bits per heavy atom. The van der Waals surface area contributed by atoms with Crippen molar-refractivity contribution in [2.45, 2.75) is 39.3 Å². The van der Waals surface area contributed by atoms with Crippen LogP contribution < -0.4 is 5.32 Å². The van der Waals surface area contributed by atoms with Crippen molar-refractivity contribution in [2.24, 2.45) is 7.05 Å². The molecule has 1 rings (SSSR count). The maximum absolute atomic E-state index is 11.9. The number of amides is 1. The minimum atomic E-state index is -0.720. The Bertz CT molecular complexity index is 447. The summed E-state index contributed by atoms with van der Waals surface area (Å²) in [6.07, 6.45) is 0.651. The first-order valence-electron chi connectivity index (χ1n) is 5.58. The van der Waals surface area contributed by atoms with E-state index < -0.39 is 17.7 Å². The molecule has 0 aliphatic carbocycles. The van der Waals surface area contributed by atoms with E-state index in [-0.39, 0.29) is 11.6 Å². The fraction of sp³-hybridized carbons (Fsp3) is 0.636. The quantitative estimate of drug-likeness (QED) is 0.810. The Balaban J connectivity index is 2.61. The maximum Gasteiger partial charge on any atom is 0.408 e. The van der Waals surface area contributed by atoms with E-state index >= 15 is 0 Å². The number of hydrogen-bond donors (Lipinski definition) is 1. The van der Waals surface area contributed by atoms with Crippen LogP contribution in [0.4, 0.5) is 4.79 Å². The summed E-state index contributed by atoms with van der Waals surface area (Å²) in [4.78, 5) is 27.3. The zero-order valence-electron chi connectivity index (χ0n) is 11.2. The highest BCUT2D eigenvalue weighted by molar-refractivity contribution is 5.98. The number of ether oxygens (including phenoxy) is 1. The van der Waals surface area contributed by atoms with Gasteiger partial charge in [-0.2, -0.15) is 5.10 Å². The fourth-order valence-corrected chi connectivity index (χ4v) is 1.26. The van der Waals surface area contributed by atoms with Gasteiger partial charge in [0.05, 0.1) is 6.04 Å². The van der Waals surface area contributed by atoms with Crippen LogP contribution in [0.2, 0.25) is 0 Å². The van der Waals surface area contributed by atoms with Gasteiger partial charge in [-0.3, -0.25) is 4.79 Å². The topological polar surface area (TPSA) is 86.1 Å². The van der Waals surface area contributed by atoms with Crippen molar-refractivity contribution in [3.8, 4) is 0 Å². The molecule has 1 aromatic heterocycles. The molecule has 7 nitrogen and oxygen atoms in total. The van der Waals surface area contributed by atoms with Crippen molar-refractivity contribution in [3.05, 3.63) is 12.2 Å². The van der Waals surface area contributed by atoms with Crippen LogP contribution in [0.5, 0.6) is 0 Å². The molecule has 100 valence electrons. The third kappa shape index (κ3) is 3.83. The maximum atomic E-state index is 11.9. The lowest BCUT2D eigenvalue weighted by Gasteiger charge is -2.21. The van der Waals surface area contributed by atoms with Gasteiger partial charge in [-0.15, -0.1) is 0 Å². The number of ketones is 1. The van der Waals surface area contributed by atoms with Crippen LogP contribution in [0.3, 0.4) is 0 Å². The molecular weight excluding hydrogens is 236 g/mol. The second kappa shape index (κ2) is 5.16. The molecule has 0 spiro atoms. The van der Waals surface area contributed by atoms with Crippen LogP contribution in [0.1, 0.15) is 38.3 Å². The summed E-state index contributed by atoms with van der Waals surface area (Å²) >= 11 is 0. The van der Waals surface area contributed by atoms with Crippen molar-refractivity contribution < 1.29 is 14.3 Å². The number of alkyl carbamates (subject to hydrolysis) is 1. The number of carbonyl (C=O) groups excluding carboxylic acids is 2. The van der Waals surface area contributed by atoms with Crippen LogP contribution in [-0.4, -0.2) is 38.3 Å². The molecule has 18 heavy (non-hydrogen) atoms. The molecule has 0 radical (unpaired) electrons. The number of carbonyl (C=O) groups is 2. The summed E-state index contributed by atoms with van der Waals surface area (Å²) in [6, 6.07) is -0.720. The predicted molar refractivity (Wildman–Crippen MR) is 64.2 cm³/mol. The molecule has 0 unspecified atom stereocenters. The second-order valence-electron chi connectivity index (χ2n) is 4.94. The number of aryl methyl sites for hydroxylation is 1. The molecular formula is C11H18N4O3. The number of nitrogens with one attached hydrogen (secondary N) is 1. The Kier molecular flexibility index (Phi) is 4.05. The highest BCUT2D eigenvalue weighted by Crippen LogP contribution is 2.07. The molecule has 1 aromatic rings. The van der Waals surface area contributed by atoms with Crippen LogP contribution in [-0.2, 0) is 11.8 Å². The SMILES string of the molecule is C[C@@H](NC(=O)OC(C)(C)C)C(=O)c1ncnn1C. The first kappa shape index (κ1) is 14.1. The zero-order valence-corrected chi connectivity index (χ0v) is 11.2. The molecule has 1 amide bonds. The molecule has 0 saturated heterocycles. The first-order chi connectivity index (χ1) is 8.20. The molecule has 1 N–H and O–H groups in total. The molecule has 0 fully saturated rings. The van der Waals surface area contributed by atoms with E-state index in [0.29, 0.717) is 0 Å². The van der Waals surface area contributed by atoms with Gasteiger partial charge in [-0.25, -0.2) is 14.5 Å². The van der Waals surface area contributed by atoms with Crippen molar-refractivity contribution >= 4 is 11.9 Å². The Morgan fingerprint density at radius 1 is 1.44 bits per heavy atom. The van der Waals surface area contributed by atoms with E-state index in [9.17, 15) is 9.59 Å². The summed E-state index contributed by atoms with van der Waals surface area (Å²) in [5.74, 6) is -0.126. The molecule has 0 bridgehead atoms. The van der Waals surface area contributed by atoms with E-state index in [1.807, 2.05) is 0 Å².